The molecule has 4 nitrogen and oxygen atoms in total. The van der Waals surface area contributed by atoms with Gasteiger partial charge in [0.25, 0.3) is 0 Å². The van der Waals surface area contributed by atoms with Crippen LogP contribution in [0.25, 0.3) is 0 Å². The number of rotatable bonds is 2. The van der Waals surface area contributed by atoms with E-state index < -0.39 is 15.9 Å². The first-order valence-electron chi connectivity index (χ1n) is 4.04. The predicted molar refractivity (Wildman–Crippen MR) is 51.9 cm³/mol. The lowest BCUT2D eigenvalue weighted by Crippen LogP contribution is -2.05. The van der Waals surface area contributed by atoms with Crippen molar-refractivity contribution in [2.45, 2.75) is 17.9 Å². The minimum Gasteiger partial charge on any atom is -0.507 e. The van der Waals surface area contributed by atoms with E-state index in [1.165, 1.54) is 25.1 Å². The molecule has 0 aliphatic heterocycles. The Morgan fingerprint density at radius 3 is 2.29 bits per heavy atom. The molecule has 0 heterocycles. The number of phenolic OH excluding ortho intramolecular Hbond substituents is 1. The number of sulfone groups is 1. The van der Waals surface area contributed by atoms with E-state index in [4.69, 9.17) is 0 Å². The molecule has 1 atom stereocenters. The standard InChI is InChI=1S/C9H12O4S/c1-6(10)7-4-3-5-8(11)9(7)14(2,12)13/h3-6,10-11H,1-2H3. The fourth-order valence-corrected chi connectivity index (χ4v) is 2.39. The molecule has 0 fully saturated rings. The molecule has 0 bridgehead atoms. The maximum atomic E-state index is 11.3. The van der Waals surface area contributed by atoms with Crippen LogP contribution < -0.4 is 0 Å². The Kier molecular flexibility index (Phi) is 2.82. The second kappa shape index (κ2) is 3.59. The zero-order chi connectivity index (χ0) is 10.9. The van der Waals surface area contributed by atoms with Gasteiger partial charge in [-0.3, -0.25) is 0 Å². The summed E-state index contributed by atoms with van der Waals surface area (Å²) in [5, 5.41) is 18.7. The second-order valence-corrected chi connectivity index (χ2v) is 5.10. The number of benzene rings is 1. The summed E-state index contributed by atoms with van der Waals surface area (Å²) >= 11 is 0. The van der Waals surface area contributed by atoms with E-state index in [0.717, 1.165) is 6.26 Å². The van der Waals surface area contributed by atoms with Gasteiger partial charge in [-0.15, -0.1) is 0 Å². The van der Waals surface area contributed by atoms with E-state index in [0.29, 0.717) is 0 Å². The normalized spacial score (nSPS) is 13.9. The first-order chi connectivity index (χ1) is 6.34. The molecule has 1 aromatic carbocycles. The Morgan fingerprint density at radius 2 is 1.93 bits per heavy atom. The summed E-state index contributed by atoms with van der Waals surface area (Å²) in [4.78, 5) is -0.199. The largest absolute Gasteiger partial charge is 0.507 e. The van der Waals surface area contributed by atoms with Crippen LogP contribution in [0.4, 0.5) is 0 Å². The van der Waals surface area contributed by atoms with Gasteiger partial charge in [0, 0.05) is 11.8 Å². The average molecular weight is 216 g/mol. The summed E-state index contributed by atoms with van der Waals surface area (Å²) in [6, 6.07) is 4.25. The van der Waals surface area contributed by atoms with Crippen LogP contribution in [-0.4, -0.2) is 24.9 Å². The van der Waals surface area contributed by atoms with Crippen molar-refractivity contribution in [2.24, 2.45) is 0 Å². The molecular weight excluding hydrogens is 204 g/mol. The molecule has 2 N–H and O–H groups in total. The van der Waals surface area contributed by atoms with Crippen LogP contribution in [0.15, 0.2) is 23.1 Å². The van der Waals surface area contributed by atoms with Gasteiger partial charge in [-0.2, -0.15) is 0 Å². The molecule has 0 saturated heterocycles. The van der Waals surface area contributed by atoms with Crippen LogP contribution in [0.1, 0.15) is 18.6 Å². The molecule has 1 rings (SSSR count). The lowest BCUT2D eigenvalue weighted by Gasteiger charge is -2.11. The van der Waals surface area contributed by atoms with Gasteiger partial charge in [0.2, 0.25) is 0 Å². The van der Waals surface area contributed by atoms with Gasteiger partial charge in [0.05, 0.1) is 6.10 Å². The highest BCUT2D eigenvalue weighted by Gasteiger charge is 2.20. The fourth-order valence-electron chi connectivity index (χ4n) is 1.28. The van der Waals surface area contributed by atoms with Gasteiger partial charge in [-0.1, -0.05) is 12.1 Å². The monoisotopic (exact) mass is 216 g/mol. The van der Waals surface area contributed by atoms with Crippen molar-refractivity contribution in [3.8, 4) is 5.75 Å². The second-order valence-electron chi connectivity index (χ2n) is 3.14. The summed E-state index contributed by atoms with van der Waals surface area (Å²) < 4.78 is 22.6. The van der Waals surface area contributed by atoms with E-state index >= 15 is 0 Å². The topological polar surface area (TPSA) is 74.6 Å². The smallest absolute Gasteiger partial charge is 0.179 e. The van der Waals surface area contributed by atoms with Gasteiger partial charge >= 0.3 is 0 Å². The molecule has 1 unspecified atom stereocenters. The van der Waals surface area contributed by atoms with Crippen molar-refractivity contribution >= 4 is 9.84 Å². The van der Waals surface area contributed by atoms with E-state index in [1.807, 2.05) is 0 Å². The zero-order valence-corrected chi connectivity index (χ0v) is 8.75. The van der Waals surface area contributed by atoms with Crippen LogP contribution in [0.2, 0.25) is 0 Å². The van der Waals surface area contributed by atoms with Crippen molar-refractivity contribution in [1.29, 1.82) is 0 Å². The predicted octanol–water partition coefficient (Wildman–Crippen LogP) is 0.849. The minimum atomic E-state index is -3.52. The number of aromatic hydroxyl groups is 1. The number of phenols is 1. The Hall–Kier alpha value is -1.07. The number of hydrogen-bond donors (Lipinski definition) is 2. The first kappa shape index (κ1) is 11.0. The molecular formula is C9H12O4S. The van der Waals surface area contributed by atoms with Crippen molar-refractivity contribution in [2.75, 3.05) is 6.26 Å². The van der Waals surface area contributed by atoms with E-state index in [9.17, 15) is 18.6 Å². The third-order valence-corrected chi connectivity index (χ3v) is 3.03. The van der Waals surface area contributed by atoms with Crippen molar-refractivity contribution < 1.29 is 18.6 Å². The van der Waals surface area contributed by atoms with Crippen LogP contribution in [-0.2, 0) is 9.84 Å². The van der Waals surface area contributed by atoms with Gasteiger partial charge in [-0.25, -0.2) is 8.42 Å². The average Bonchev–Trinajstić information content (AvgIpc) is 2.01. The summed E-state index contributed by atoms with van der Waals surface area (Å²) in [6.07, 6.45) is 0.0697. The highest BCUT2D eigenvalue weighted by Crippen LogP contribution is 2.30. The molecule has 0 aromatic heterocycles. The first-order valence-corrected chi connectivity index (χ1v) is 5.93. The molecule has 0 radical (unpaired) electrons. The van der Waals surface area contributed by atoms with Crippen molar-refractivity contribution in [1.82, 2.24) is 0 Å². The maximum absolute atomic E-state index is 11.3. The third-order valence-electron chi connectivity index (χ3n) is 1.85. The maximum Gasteiger partial charge on any atom is 0.179 e. The lowest BCUT2D eigenvalue weighted by atomic mass is 10.1. The molecule has 5 heteroatoms. The Balaban J connectivity index is 3.54. The molecule has 0 aliphatic rings. The van der Waals surface area contributed by atoms with Crippen LogP contribution in [0.5, 0.6) is 5.75 Å². The Morgan fingerprint density at radius 1 is 1.36 bits per heavy atom. The summed E-state index contributed by atoms with van der Waals surface area (Å²) in [5.74, 6) is -0.328. The zero-order valence-electron chi connectivity index (χ0n) is 7.93. The summed E-state index contributed by atoms with van der Waals surface area (Å²) in [5.41, 5.74) is 0.215. The molecule has 78 valence electrons. The molecule has 1 aromatic rings. The van der Waals surface area contributed by atoms with Gasteiger partial charge in [0.15, 0.2) is 9.84 Å². The van der Waals surface area contributed by atoms with Gasteiger partial charge in [0.1, 0.15) is 10.6 Å². The quantitative estimate of drug-likeness (QED) is 0.768. The third kappa shape index (κ3) is 2.05. The molecule has 0 aliphatic carbocycles. The highest BCUT2D eigenvalue weighted by molar-refractivity contribution is 7.90. The van der Waals surface area contributed by atoms with Crippen LogP contribution in [0.3, 0.4) is 0 Å². The Bertz CT molecular complexity index is 434. The number of aliphatic hydroxyl groups is 1. The highest BCUT2D eigenvalue weighted by atomic mass is 32.2. The van der Waals surface area contributed by atoms with Gasteiger partial charge < -0.3 is 10.2 Å². The van der Waals surface area contributed by atoms with Crippen molar-refractivity contribution in [3.63, 3.8) is 0 Å². The van der Waals surface area contributed by atoms with Gasteiger partial charge in [-0.05, 0) is 13.0 Å². The lowest BCUT2D eigenvalue weighted by molar-refractivity contribution is 0.195. The number of aliphatic hydroxyl groups excluding tert-OH is 1. The van der Waals surface area contributed by atoms with E-state index in [1.54, 1.807) is 0 Å². The van der Waals surface area contributed by atoms with Crippen molar-refractivity contribution in [3.05, 3.63) is 23.8 Å². The summed E-state index contributed by atoms with van der Waals surface area (Å²) in [6.45, 7) is 1.45. The summed E-state index contributed by atoms with van der Waals surface area (Å²) in [7, 11) is -3.52. The van der Waals surface area contributed by atoms with Crippen LogP contribution >= 0.6 is 0 Å². The molecule has 0 amide bonds. The van der Waals surface area contributed by atoms with Crippen LogP contribution in [0, 0.1) is 0 Å². The van der Waals surface area contributed by atoms with E-state index in [2.05, 4.69) is 0 Å². The molecule has 0 spiro atoms. The minimum absolute atomic E-state index is 0.199. The number of hydrogen-bond acceptors (Lipinski definition) is 4. The fraction of sp³-hybridized carbons (Fsp3) is 0.333. The SMILES string of the molecule is CC(O)c1cccc(O)c1S(C)(=O)=O. The molecule has 14 heavy (non-hydrogen) atoms. The Labute approximate surface area is 82.7 Å². The van der Waals surface area contributed by atoms with E-state index in [-0.39, 0.29) is 16.2 Å². The molecule has 0 saturated carbocycles.